The van der Waals surface area contributed by atoms with Gasteiger partial charge in [0.1, 0.15) is 6.61 Å². The third-order valence-corrected chi connectivity index (χ3v) is 4.14. The summed E-state index contributed by atoms with van der Waals surface area (Å²) in [6.07, 6.45) is 1.54. The highest BCUT2D eigenvalue weighted by Crippen LogP contribution is 2.18. The van der Waals surface area contributed by atoms with Gasteiger partial charge in [-0.1, -0.05) is 35.5 Å². The highest BCUT2D eigenvalue weighted by Gasteiger charge is 2.10. The molecule has 1 amide bonds. The van der Waals surface area contributed by atoms with Crippen molar-refractivity contribution in [3.63, 3.8) is 0 Å². The van der Waals surface area contributed by atoms with Crippen LogP contribution in [-0.4, -0.2) is 41.7 Å². The van der Waals surface area contributed by atoms with E-state index < -0.39 is 5.82 Å². The number of halogens is 2. The topological polar surface area (TPSA) is 42.4 Å². The molecule has 23 heavy (non-hydrogen) atoms. The maximum atomic E-state index is 13.4. The van der Waals surface area contributed by atoms with Crippen LogP contribution in [-0.2, 0) is 4.79 Å². The van der Waals surface area contributed by atoms with E-state index in [9.17, 15) is 9.18 Å². The molecule has 1 heterocycles. The fraction of sp³-hybridized carbons (Fsp3) is 0.250. The van der Waals surface area contributed by atoms with Crippen molar-refractivity contribution in [1.29, 1.82) is 0 Å². The molecule has 0 N–H and O–H groups in total. The zero-order valence-corrected chi connectivity index (χ0v) is 14.1. The number of likely N-dealkylation sites (N-methyl/N-ethyl adjacent to an activating group) is 1. The van der Waals surface area contributed by atoms with Crippen molar-refractivity contribution in [2.75, 3.05) is 26.0 Å². The first-order valence-corrected chi connectivity index (χ1v) is 8.28. The van der Waals surface area contributed by atoms with Crippen molar-refractivity contribution < 1.29 is 13.9 Å². The number of nitrogens with zero attached hydrogens (tertiary/aromatic N) is 2. The maximum Gasteiger partial charge on any atom is 0.232 e. The summed E-state index contributed by atoms with van der Waals surface area (Å²) >= 11 is 7.09. The predicted molar refractivity (Wildman–Crippen MR) is 89.5 cm³/mol. The number of hydrogen-bond donors (Lipinski definition) is 0. The highest BCUT2D eigenvalue weighted by molar-refractivity contribution is 7.99. The number of aromatic nitrogens is 1. The van der Waals surface area contributed by atoms with E-state index in [1.807, 2.05) is 0 Å². The molecule has 4 nitrogen and oxygen atoms in total. The van der Waals surface area contributed by atoms with Crippen LogP contribution in [0.4, 0.5) is 4.39 Å². The number of thioether (sulfide) groups is 1. The van der Waals surface area contributed by atoms with Crippen LogP contribution in [0.2, 0.25) is 5.02 Å². The standard InChI is InChI=1S/C16H16ClFN2O2S/c1-20(8-9-22-14-5-3-2-4-13(14)18)16(21)11-23-15-7-6-12(17)10-19-15/h2-7,10H,8-9,11H2,1H3. The van der Waals surface area contributed by atoms with E-state index >= 15 is 0 Å². The van der Waals surface area contributed by atoms with E-state index in [1.165, 1.54) is 17.8 Å². The number of benzene rings is 1. The number of carbonyl (C=O) groups is 1. The minimum absolute atomic E-state index is 0.0520. The first-order valence-electron chi connectivity index (χ1n) is 6.92. The first-order chi connectivity index (χ1) is 11.1. The van der Waals surface area contributed by atoms with Gasteiger partial charge in [0.2, 0.25) is 5.91 Å². The summed E-state index contributed by atoms with van der Waals surface area (Å²) in [5, 5.41) is 1.29. The Labute approximate surface area is 143 Å². The van der Waals surface area contributed by atoms with Crippen molar-refractivity contribution in [3.05, 3.63) is 53.4 Å². The zero-order chi connectivity index (χ0) is 16.7. The molecule has 0 saturated heterocycles. The van der Waals surface area contributed by atoms with Crippen LogP contribution in [0.1, 0.15) is 0 Å². The second kappa shape index (κ2) is 8.74. The molecule has 0 aliphatic rings. The monoisotopic (exact) mass is 354 g/mol. The average molecular weight is 355 g/mol. The number of amides is 1. The fourth-order valence-electron chi connectivity index (χ4n) is 1.67. The van der Waals surface area contributed by atoms with Gasteiger partial charge < -0.3 is 9.64 Å². The van der Waals surface area contributed by atoms with E-state index in [-0.39, 0.29) is 24.0 Å². The van der Waals surface area contributed by atoms with Gasteiger partial charge in [0, 0.05) is 13.2 Å². The molecule has 7 heteroatoms. The molecule has 2 rings (SSSR count). The number of ether oxygens (including phenoxy) is 1. The molecule has 2 aromatic rings. The minimum atomic E-state index is -0.411. The summed E-state index contributed by atoms with van der Waals surface area (Å²) < 4.78 is 18.7. The highest BCUT2D eigenvalue weighted by atomic mass is 35.5. The van der Waals surface area contributed by atoms with Gasteiger partial charge in [-0.2, -0.15) is 0 Å². The molecule has 0 unspecified atom stereocenters. The number of hydrogen-bond acceptors (Lipinski definition) is 4. The molecule has 0 radical (unpaired) electrons. The molecule has 0 bridgehead atoms. The Hall–Kier alpha value is -1.79. The molecular formula is C16H16ClFN2O2S. The van der Waals surface area contributed by atoms with E-state index in [0.717, 1.165) is 5.03 Å². The maximum absolute atomic E-state index is 13.4. The lowest BCUT2D eigenvalue weighted by Gasteiger charge is -2.17. The lowest BCUT2D eigenvalue weighted by atomic mass is 10.3. The summed E-state index contributed by atoms with van der Waals surface area (Å²) in [6, 6.07) is 9.68. The zero-order valence-electron chi connectivity index (χ0n) is 12.5. The van der Waals surface area contributed by atoms with Crippen molar-refractivity contribution in [1.82, 2.24) is 9.88 Å². The van der Waals surface area contributed by atoms with Gasteiger partial charge >= 0.3 is 0 Å². The Balaban J connectivity index is 1.72. The SMILES string of the molecule is CN(CCOc1ccccc1F)C(=O)CSc1ccc(Cl)cn1. The van der Waals surface area contributed by atoms with Crippen molar-refractivity contribution in [2.45, 2.75) is 5.03 Å². The van der Waals surface area contributed by atoms with Gasteiger partial charge in [-0.05, 0) is 24.3 Å². The van der Waals surface area contributed by atoms with Crippen molar-refractivity contribution in [3.8, 4) is 5.75 Å². The smallest absolute Gasteiger partial charge is 0.232 e. The van der Waals surface area contributed by atoms with E-state index in [0.29, 0.717) is 11.6 Å². The van der Waals surface area contributed by atoms with Gasteiger partial charge in [0.15, 0.2) is 11.6 Å². The average Bonchev–Trinajstić information content (AvgIpc) is 2.55. The third-order valence-electron chi connectivity index (χ3n) is 2.99. The molecule has 0 saturated carbocycles. The van der Waals surface area contributed by atoms with E-state index in [1.54, 1.807) is 48.5 Å². The fourth-order valence-corrected chi connectivity index (χ4v) is 2.57. The summed E-state index contributed by atoms with van der Waals surface area (Å²) in [5.41, 5.74) is 0. The largest absolute Gasteiger partial charge is 0.489 e. The van der Waals surface area contributed by atoms with E-state index in [4.69, 9.17) is 16.3 Å². The second-order valence-corrected chi connectivity index (χ2v) is 6.13. The Bertz CT molecular complexity index is 655. The Morgan fingerprint density at radius 2 is 2.13 bits per heavy atom. The lowest BCUT2D eigenvalue weighted by molar-refractivity contribution is -0.127. The third kappa shape index (κ3) is 5.73. The summed E-state index contributed by atoms with van der Waals surface area (Å²) in [4.78, 5) is 17.7. The molecule has 0 spiro atoms. The van der Waals surface area contributed by atoms with Crippen LogP contribution in [0, 0.1) is 5.82 Å². The normalized spacial score (nSPS) is 10.4. The molecule has 0 atom stereocenters. The van der Waals surface area contributed by atoms with Crippen LogP contribution in [0.3, 0.4) is 0 Å². The van der Waals surface area contributed by atoms with Crippen LogP contribution in [0.25, 0.3) is 0 Å². The number of pyridine rings is 1. The van der Waals surface area contributed by atoms with Gasteiger partial charge in [-0.3, -0.25) is 4.79 Å². The molecule has 1 aromatic heterocycles. The van der Waals surface area contributed by atoms with Gasteiger partial charge in [0.05, 0.1) is 22.3 Å². The summed E-state index contributed by atoms with van der Waals surface area (Å²) in [5.74, 6) is -0.00649. The van der Waals surface area contributed by atoms with Crippen LogP contribution < -0.4 is 4.74 Å². The first kappa shape index (κ1) is 17.6. The number of carbonyl (C=O) groups excluding carboxylic acids is 1. The lowest BCUT2D eigenvalue weighted by Crippen LogP contribution is -2.32. The van der Waals surface area contributed by atoms with Crippen LogP contribution in [0.5, 0.6) is 5.75 Å². The molecular weight excluding hydrogens is 339 g/mol. The van der Waals surface area contributed by atoms with Crippen molar-refractivity contribution >= 4 is 29.3 Å². The van der Waals surface area contributed by atoms with Crippen LogP contribution in [0.15, 0.2) is 47.6 Å². The van der Waals surface area contributed by atoms with E-state index in [2.05, 4.69) is 4.98 Å². The summed E-state index contributed by atoms with van der Waals surface area (Å²) in [6.45, 7) is 0.606. The van der Waals surface area contributed by atoms with Gasteiger partial charge in [-0.25, -0.2) is 9.37 Å². The van der Waals surface area contributed by atoms with Gasteiger partial charge in [-0.15, -0.1) is 0 Å². The molecule has 0 fully saturated rings. The molecule has 1 aromatic carbocycles. The Morgan fingerprint density at radius 3 is 2.83 bits per heavy atom. The minimum Gasteiger partial charge on any atom is -0.489 e. The number of rotatable bonds is 7. The Morgan fingerprint density at radius 1 is 1.35 bits per heavy atom. The molecule has 0 aliphatic carbocycles. The van der Waals surface area contributed by atoms with Crippen LogP contribution >= 0.6 is 23.4 Å². The molecule has 0 aliphatic heterocycles. The van der Waals surface area contributed by atoms with Crippen molar-refractivity contribution in [2.24, 2.45) is 0 Å². The quantitative estimate of drug-likeness (QED) is 0.714. The summed E-state index contributed by atoms with van der Waals surface area (Å²) in [7, 11) is 1.68. The van der Waals surface area contributed by atoms with Gasteiger partial charge in [0.25, 0.3) is 0 Å². The predicted octanol–water partition coefficient (Wildman–Crippen LogP) is 3.50. The Kier molecular flexibility index (Phi) is 6.67. The molecule has 122 valence electrons. The number of para-hydroxylation sites is 1. The second-order valence-electron chi connectivity index (χ2n) is 4.70.